The Morgan fingerprint density at radius 2 is 1.58 bits per heavy atom. The maximum atomic E-state index is 13.0. The lowest BCUT2D eigenvalue weighted by Gasteiger charge is -2.27. The van der Waals surface area contributed by atoms with Crippen LogP contribution in [-0.2, 0) is 20.9 Å². The molecule has 2 rings (SSSR count). The monoisotopic (exact) mass is 354 g/mol. The van der Waals surface area contributed by atoms with E-state index in [9.17, 15) is 9.59 Å². The molecule has 5 heteroatoms. The maximum absolute atomic E-state index is 13.0. The van der Waals surface area contributed by atoms with Crippen LogP contribution >= 0.6 is 0 Å². The molecule has 0 heterocycles. The van der Waals surface area contributed by atoms with Crippen molar-refractivity contribution in [1.29, 1.82) is 0 Å². The van der Waals surface area contributed by atoms with Gasteiger partial charge in [-0.25, -0.2) is 0 Å². The summed E-state index contributed by atoms with van der Waals surface area (Å²) < 4.78 is 5.04. The van der Waals surface area contributed by atoms with E-state index in [0.717, 1.165) is 11.3 Å². The molecule has 0 N–H and O–H groups in total. The Morgan fingerprint density at radius 1 is 0.962 bits per heavy atom. The number of methoxy groups -OCH3 is 1. The highest BCUT2D eigenvalue weighted by Crippen LogP contribution is 2.17. The second-order valence-electron chi connectivity index (χ2n) is 6.09. The van der Waals surface area contributed by atoms with Crippen molar-refractivity contribution in [3.05, 3.63) is 66.2 Å². The van der Waals surface area contributed by atoms with Crippen molar-refractivity contribution in [1.82, 2.24) is 4.90 Å². The molecule has 2 amide bonds. The molecule has 0 spiro atoms. The molecule has 0 aliphatic heterocycles. The van der Waals surface area contributed by atoms with Crippen LogP contribution in [0.3, 0.4) is 0 Å². The van der Waals surface area contributed by atoms with E-state index in [1.54, 1.807) is 16.9 Å². The number of benzene rings is 2. The number of carbonyl (C=O) groups excluding carboxylic acids is 2. The van der Waals surface area contributed by atoms with Crippen LogP contribution in [0, 0.1) is 0 Å². The van der Waals surface area contributed by atoms with Crippen molar-refractivity contribution >= 4 is 17.5 Å². The minimum Gasteiger partial charge on any atom is -0.385 e. The molecular formula is C21H26N2O3. The second-order valence-corrected chi connectivity index (χ2v) is 6.09. The number of hydrogen-bond donors (Lipinski definition) is 0. The minimum absolute atomic E-state index is 0.0563. The van der Waals surface area contributed by atoms with E-state index >= 15 is 0 Å². The van der Waals surface area contributed by atoms with Crippen LogP contribution in [0.5, 0.6) is 0 Å². The fraction of sp³-hybridized carbons (Fsp3) is 0.333. The van der Waals surface area contributed by atoms with Gasteiger partial charge in [0.05, 0.1) is 6.54 Å². The van der Waals surface area contributed by atoms with Gasteiger partial charge in [-0.05, 0) is 24.1 Å². The molecule has 5 nitrogen and oxygen atoms in total. The van der Waals surface area contributed by atoms with E-state index in [1.165, 1.54) is 6.92 Å². The van der Waals surface area contributed by atoms with Gasteiger partial charge in [0.1, 0.15) is 6.54 Å². The Balaban J connectivity index is 2.15. The molecule has 0 saturated heterocycles. The van der Waals surface area contributed by atoms with E-state index in [4.69, 9.17) is 4.74 Å². The molecule has 26 heavy (non-hydrogen) atoms. The van der Waals surface area contributed by atoms with Crippen molar-refractivity contribution in [2.75, 3.05) is 31.7 Å². The first kappa shape index (κ1) is 19.7. The number of para-hydroxylation sites is 1. The average Bonchev–Trinajstić information content (AvgIpc) is 2.66. The molecule has 0 aromatic heterocycles. The zero-order valence-corrected chi connectivity index (χ0v) is 15.4. The van der Waals surface area contributed by atoms with Crippen LogP contribution in [0.25, 0.3) is 0 Å². The Labute approximate surface area is 155 Å². The van der Waals surface area contributed by atoms with E-state index in [1.807, 2.05) is 60.7 Å². The molecule has 2 aromatic carbocycles. The predicted octanol–water partition coefficient (Wildman–Crippen LogP) is 3.10. The molecule has 0 unspecified atom stereocenters. The molecule has 138 valence electrons. The molecule has 0 fully saturated rings. The van der Waals surface area contributed by atoms with Gasteiger partial charge in [0.25, 0.3) is 0 Å². The van der Waals surface area contributed by atoms with Crippen molar-refractivity contribution < 1.29 is 14.3 Å². The van der Waals surface area contributed by atoms with Gasteiger partial charge >= 0.3 is 0 Å². The van der Waals surface area contributed by atoms with Gasteiger partial charge in [-0.2, -0.15) is 0 Å². The predicted molar refractivity (Wildman–Crippen MR) is 103 cm³/mol. The fourth-order valence-corrected chi connectivity index (χ4v) is 2.69. The number of carbonyl (C=O) groups is 2. The van der Waals surface area contributed by atoms with Gasteiger partial charge in [0.15, 0.2) is 0 Å². The summed E-state index contributed by atoms with van der Waals surface area (Å²) in [4.78, 5) is 28.2. The number of nitrogens with zero attached hydrogens (tertiary/aromatic N) is 2. The fourth-order valence-electron chi connectivity index (χ4n) is 2.69. The molecule has 0 aliphatic rings. The molecular weight excluding hydrogens is 328 g/mol. The Hall–Kier alpha value is -2.66. The van der Waals surface area contributed by atoms with Crippen LogP contribution in [-0.4, -0.2) is 43.5 Å². The summed E-state index contributed by atoms with van der Waals surface area (Å²) in [5.41, 5.74) is 1.86. The summed E-state index contributed by atoms with van der Waals surface area (Å²) in [6, 6.07) is 19.4. The maximum Gasteiger partial charge on any atom is 0.246 e. The highest BCUT2D eigenvalue weighted by Gasteiger charge is 2.20. The smallest absolute Gasteiger partial charge is 0.246 e. The summed E-state index contributed by atoms with van der Waals surface area (Å²) in [5.74, 6) is -0.213. The van der Waals surface area contributed by atoms with E-state index < -0.39 is 0 Å². The SMILES string of the molecule is COCCCN(CC(=O)N(Cc1ccccc1)c1ccccc1)C(C)=O. The van der Waals surface area contributed by atoms with Crippen LogP contribution in [0.2, 0.25) is 0 Å². The first-order valence-corrected chi connectivity index (χ1v) is 8.75. The standard InChI is InChI=1S/C21H26N2O3/c1-18(24)22(14-9-15-26-2)17-21(25)23(20-12-7-4-8-13-20)16-19-10-5-3-6-11-19/h3-8,10-13H,9,14-17H2,1-2H3. The van der Waals surface area contributed by atoms with Crippen LogP contribution < -0.4 is 4.90 Å². The highest BCUT2D eigenvalue weighted by molar-refractivity contribution is 5.96. The second kappa shape index (κ2) is 10.4. The molecule has 2 aromatic rings. The van der Waals surface area contributed by atoms with Gasteiger partial charge in [-0.3, -0.25) is 9.59 Å². The highest BCUT2D eigenvalue weighted by atomic mass is 16.5. The van der Waals surface area contributed by atoms with E-state index in [2.05, 4.69) is 0 Å². The Kier molecular flexibility index (Phi) is 7.83. The zero-order valence-electron chi connectivity index (χ0n) is 15.4. The third kappa shape index (κ3) is 6.01. The first-order valence-electron chi connectivity index (χ1n) is 8.75. The lowest BCUT2D eigenvalue weighted by atomic mass is 10.2. The number of amides is 2. The first-order chi connectivity index (χ1) is 12.6. The van der Waals surface area contributed by atoms with Gasteiger partial charge in [0, 0.05) is 32.9 Å². The van der Waals surface area contributed by atoms with Gasteiger partial charge in [-0.1, -0.05) is 48.5 Å². The van der Waals surface area contributed by atoms with Crippen molar-refractivity contribution in [3.8, 4) is 0 Å². The number of ether oxygens (including phenoxy) is 1. The average molecular weight is 354 g/mol. The van der Waals surface area contributed by atoms with Crippen LogP contribution in [0.15, 0.2) is 60.7 Å². The summed E-state index contributed by atoms with van der Waals surface area (Å²) in [5, 5.41) is 0. The van der Waals surface area contributed by atoms with Crippen molar-refractivity contribution in [3.63, 3.8) is 0 Å². The molecule has 0 bridgehead atoms. The van der Waals surface area contributed by atoms with Crippen LogP contribution in [0.1, 0.15) is 18.9 Å². The number of anilines is 1. The van der Waals surface area contributed by atoms with Gasteiger partial charge in [-0.15, -0.1) is 0 Å². The van der Waals surface area contributed by atoms with E-state index in [0.29, 0.717) is 26.1 Å². The van der Waals surface area contributed by atoms with E-state index in [-0.39, 0.29) is 18.4 Å². The zero-order chi connectivity index (χ0) is 18.8. The summed E-state index contributed by atoms with van der Waals surface area (Å²) in [6.07, 6.45) is 0.702. The molecule has 0 saturated carbocycles. The van der Waals surface area contributed by atoms with Crippen molar-refractivity contribution in [2.24, 2.45) is 0 Å². The number of hydrogen-bond acceptors (Lipinski definition) is 3. The number of rotatable bonds is 9. The quantitative estimate of drug-likeness (QED) is 0.650. The summed E-state index contributed by atoms with van der Waals surface area (Å²) in [6.45, 7) is 3.08. The lowest BCUT2D eigenvalue weighted by Crippen LogP contribution is -2.42. The third-order valence-corrected chi connectivity index (χ3v) is 4.10. The van der Waals surface area contributed by atoms with Crippen LogP contribution in [0.4, 0.5) is 5.69 Å². The van der Waals surface area contributed by atoms with Gasteiger partial charge < -0.3 is 14.5 Å². The molecule has 0 radical (unpaired) electrons. The molecule has 0 aliphatic carbocycles. The largest absolute Gasteiger partial charge is 0.385 e. The normalized spacial score (nSPS) is 10.4. The van der Waals surface area contributed by atoms with Gasteiger partial charge in [0.2, 0.25) is 11.8 Å². The third-order valence-electron chi connectivity index (χ3n) is 4.10. The van der Waals surface area contributed by atoms with Crippen molar-refractivity contribution in [2.45, 2.75) is 19.9 Å². The Morgan fingerprint density at radius 3 is 2.15 bits per heavy atom. The Bertz CT molecular complexity index is 689. The topological polar surface area (TPSA) is 49.9 Å². The lowest BCUT2D eigenvalue weighted by molar-refractivity contribution is -0.133. The summed E-state index contributed by atoms with van der Waals surface area (Å²) in [7, 11) is 1.63. The minimum atomic E-state index is -0.109. The molecule has 0 atom stereocenters. The summed E-state index contributed by atoms with van der Waals surface area (Å²) >= 11 is 0.